The number of ether oxygens (including phenoxy) is 2. The van der Waals surface area contributed by atoms with Gasteiger partial charge >= 0.3 is 0 Å². The van der Waals surface area contributed by atoms with Gasteiger partial charge in [-0.1, -0.05) is 13.8 Å². The lowest BCUT2D eigenvalue weighted by atomic mass is 9.77. The molecule has 0 amide bonds. The van der Waals surface area contributed by atoms with Crippen molar-refractivity contribution in [1.29, 1.82) is 0 Å². The lowest BCUT2D eigenvalue weighted by Crippen LogP contribution is -2.53. The quantitative estimate of drug-likeness (QED) is 0.624. The number of rotatable bonds is 10. The molecule has 1 fully saturated rings. The largest absolute Gasteiger partial charge is 0.380 e. The van der Waals surface area contributed by atoms with Crippen LogP contribution in [-0.2, 0) is 9.47 Å². The summed E-state index contributed by atoms with van der Waals surface area (Å²) in [5.41, 5.74) is 0.383. The van der Waals surface area contributed by atoms with E-state index >= 15 is 0 Å². The van der Waals surface area contributed by atoms with Gasteiger partial charge in [-0.15, -0.1) is 0 Å². The van der Waals surface area contributed by atoms with Gasteiger partial charge in [-0.05, 0) is 38.6 Å². The van der Waals surface area contributed by atoms with Gasteiger partial charge in [0.05, 0.1) is 13.2 Å². The van der Waals surface area contributed by atoms with Crippen molar-refractivity contribution < 1.29 is 9.47 Å². The van der Waals surface area contributed by atoms with Crippen LogP contribution in [0.1, 0.15) is 40.5 Å². The van der Waals surface area contributed by atoms with Crippen LogP contribution in [0.15, 0.2) is 0 Å². The average Bonchev–Trinajstić information content (AvgIpc) is 2.41. The molecule has 1 aliphatic heterocycles. The fraction of sp³-hybridized carbons (Fsp3) is 1.00. The molecule has 4 heteroatoms. The van der Waals surface area contributed by atoms with Crippen molar-refractivity contribution >= 4 is 0 Å². The zero-order chi connectivity index (χ0) is 14.8. The first-order valence-electron chi connectivity index (χ1n) is 8.21. The van der Waals surface area contributed by atoms with Crippen molar-refractivity contribution in [2.24, 2.45) is 5.41 Å². The monoisotopic (exact) mass is 286 g/mol. The number of hydrogen-bond acceptors (Lipinski definition) is 4. The second-order valence-corrected chi connectivity index (χ2v) is 6.29. The van der Waals surface area contributed by atoms with Crippen molar-refractivity contribution in [3.05, 3.63) is 0 Å². The minimum absolute atomic E-state index is 0.383. The highest BCUT2D eigenvalue weighted by atomic mass is 16.5. The summed E-state index contributed by atoms with van der Waals surface area (Å²) < 4.78 is 11.0. The minimum Gasteiger partial charge on any atom is -0.380 e. The molecule has 0 saturated carbocycles. The molecule has 1 saturated heterocycles. The standard InChI is InChI=1S/C16H34N2O2/c1-5-19-12-10-18(11-13-20-6-2)14-15-16(3,4)8-7-9-17-15/h15,17H,5-14H2,1-4H3. The smallest absolute Gasteiger partial charge is 0.0593 e. The Labute approximate surface area is 125 Å². The molecule has 1 aliphatic rings. The van der Waals surface area contributed by atoms with Crippen LogP contribution in [0, 0.1) is 5.41 Å². The van der Waals surface area contributed by atoms with Gasteiger partial charge < -0.3 is 14.8 Å². The molecule has 120 valence electrons. The van der Waals surface area contributed by atoms with Gasteiger partial charge in [-0.3, -0.25) is 4.90 Å². The molecule has 0 radical (unpaired) electrons. The third-order valence-corrected chi connectivity index (χ3v) is 4.28. The third kappa shape index (κ3) is 6.53. The maximum Gasteiger partial charge on any atom is 0.0593 e. The van der Waals surface area contributed by atoms with Gasteiger partial charge in [0.1, 0.15) is 0 Å². The van der Waals surface area contributed by atoms with Crippen LogP contribution in [0.25, 0.3) is 0 Å². The normalized spacial score (nSPS) is 22.4. The van der Waals surface area contributed by atoms with Crippen LogP contribution in [0.2, 0.25) is 0 Å². The van der Waals surface area contributed by atoms with E-state index in [1.807, 2.05) is 0 Å². The second-order valence-electron chi connectivity index (χ2n) is 6.29. The van der Waals surface area contributed by atoms with E-state index < -0.39 is 0 Å². The van der Waals surface area contributed by atoms with Crippen LogP contribution < -0.4 is 5.32 Å². The molecule has 0 spiro atoms. The molecule has 0 aromatic heterocycles. The third-order valence-electron chi connectivity index (χ3n) is 4.28. The molecular formula is C16H34N2O2. The maximum absolute atomic E-state index is 5.51. The Morgan fingerprint density at radius 2 is 1.70 bits per heavy atom. The minimum atomic E-state index is 0.383. The van der Waals surface area contributed by atoms with E-state index in [9.17, 15) is 0 Å². The van der Waals surface area contributed by atoms with Gasteiger partial charge in [-0.2, -0.15) is 0 Å². The lowest BCUT2D eigenvalue weighted by Gasteiger charge is -2.42. The maximum atomic E-state index is 5.51. The van der Waals surface area contributed by atoms with Crippen LogP contribution in [0.5, 0.6) is 0 Å². The number of nitrogens with one attached hydrogen (secondary N) is 1. The Bertz CT molecular complexity index is 237. The van der Waals surface area contributed by atoms with Crippen LogP contribution in [0.4, 0.5) is 0 Å². The highest BCUT2D eigenvalue weighted by Gasteiger charge is 2.32. The predicted molar refractivity (Wildman–Crippen MR) is 84.2 cm³/mol. The molecule has 1 rings (SSSR count). The van der Waals surface area contributed by atoms with Crippen molar-refractivity contribution in [3.8, 4) is 0 Å². The van der Waals surface area contributed by atoms with E-state index in [0.717, 1.165) is 52.6 Å². The highest BCUT2D eigenvalue weighted by Crippen LogP contribution is 2.30. The molecule has 1 N–H and O–H groups in total. The van der Waals surface area contributed by atoms with E-state index in [0.29, 0.717) is 11.5 Å². The summed E-state index contributed by atoms with van der Waals surface area (Å²) in [5, 5.41) is 3.70. The van der Waals surface area contributed by atoms with E-state index in [-0.39, 0.29) is 0 Å². The summed E-state index contributed by atoms with van der Waals surface area (Å²) in [5.74, 6) is 0. The first kappa shape index (κ1) is 17.9. The van der Waals surface area contributed by atoms with Crippen molar-refractivity contribution in [1.82, 2.24) is 10.2 Å². The van der Waals surface area contributed by atoms with Crippen molar-refractivity contribution in [3.63, 3.8) is 0 Å². The van der Waals surface area contributed by atoms with Gasteiger partial charge in [0.15, 0.2) is 0 Å². The highest BCUT2D eigenvalue weighted by molar-refractivity contribution is 4.90. The molecule has 0 aromatic rings. The summed E-state index contributed by atoms with van der Waals surface area (Å²) in [6, 6.07) is 0.569. The Morgan fingerprint density at radius 3 is 2.20 bits per heavy atom. The zero-order valence-corrected chi connectivity index (χ0v) is 13.9. The summed E-state index contributed by atoms with van der Waals surface area (Å²) in [6.45, 7) is 16.3. The Hall–Kier alpha value is -0.160. The van der Waals surface area contributed by atoms with E-state index in [1.165, 1.54) is 12.8 Å². The molecule has 20 heavy (non-hydrogen) atoms. The van der Waals surface area contributed by atoms with Crippen LogP contribution in [0.3, 0.4) is 0 Å². The average molecular weight is 286 g/mol. The second kappa shape index (κ2) is 9.72. The Balaban J connectivity index is 2.43. The molecule has 1 atom stereocenters. The SMILES string of the molecule is CCOCCN(CCOCC)CC1NCCCC1(C)C. The van der Waals surface area contributed by atoms with Gasteiger partial charge in [0.25, 0.3) is 0 Å². The number of nitrogens with zero attached hydrogens (tertiary/aromatic N) is 1. The summed E-state index contributed by atoms with van der Waals surface area (Å²) in [4.78, 5) is 2.48. The summed E-state index contributed by atoms with van der Waals surface area (Å²) >= 11 is 0. The first-order chi connectivity index (χ1) is 9.60. The molecule has 0 aromatic carbocycles. The molecule has 0 aliphatic carbocycles. The fourth-order valence-electron chi connectivity index (χ4n) is 2.81. The fourth-order valence-corrected chi connectivity index (χ4v) is 2.81. The van der Waals surface area contributed by atoms with Crippen LogP contribution >= 0.6 is 0 Å². The summed E-state index contributed by atoms with van der Waals surface area (Å²) in [6.07, 6.45) is 2.61. The number of piperidine rings is 1. The number of hydrogen-bond donors (Lipinski definition) is 1. The molecule has 0 bridgehead atoms. The van der Waals surface area contributed by atoms with Gasteiger partial charge in [-0.25, -0.2) is 0 Å². The van der Waals surface area contributed by atoms with Crippen molar-refractivity contribution in [2.45, 2.75) is 46.6 Å². The predicted octanol–water partition coefficient (Wildman–Crippen LogP) is 2.14. The topological polar surface area (TPSA) is 33.7 Å². The van der Waals surface area contributed by atoms with E-state index in [2.05, 4.69) is 37.9 Å². The van der Waals surface area contributed by atoms with E-state index in [4.69, 9.17) is 9.47 Å². The van der Waals surface area contributed by atoms with E-state index in [1.54, 1.807) is 0 Å². The van der Waals surface area contributed by atoms with Gasteiger partial charge in [0.2, 0.25) is 0 Å². The molecule has 1 heterocycles. The molecule has 4 nitrogen and oxygen atoms in total. The molecular weight excluding hydrogens is 252 g/mol. The zero-order valence-electron chi connectivity index (χ0n) is 13.9. The van der Waals surface area contributed by atoms with Crippen LogP contribution in [-0.4, -0.2) is 63.5 Å². The summed E-state index contributed by atoms with van der Waals surface area (Å²) in [7, 11) is 0. The Kier molecular flexibility index (Phi) is 8.69. The lowest BCUT2D eigenvalue weighted by molar-refractivity contribution is 0.0608. The Morgan fingerprint density at radius 1 is 1.10 bits per heavy atom. The molecule has 1 unspecified atom stereocenters. The van der Waals surface area contributed by atoms with Gasteiger partial charge in [0, 0.05) is 38.9 Å². The van der Waals surface area contributed by atoms with Crippen molar-refractivity contribution in [2.75, 3.05) is 52.6 Å². The first-order valence-corrected chi connectivity index (χ1v) is 8.21.